The van der Waals surface area contributed by atoms with Crippen LogP contribution in [0.3, 0.4) is 0 Å². The van der Waals surface area contributed by atoms with E-state index in [2.05, 4.69) is 11.8 Å². The molecule has 0 aromatic heterocycles. The number of rotatable bonds is 13. The van der Waals surface area contributed by atoms with Crippen molar-refractivity contribution < 1.29 is 16.9 Å². The van der Waals surface area contributed by atoms with Crippen LogP contribution >= 0.6 is 0 Å². The Labute approximate surface area is 152 Å². The molecule has 0 spiro atoms. The van der Waals surface area contributed by atoms with Gasteiger partial charge >= 0.3 is 0 Å². The second kappa shape index (κ2) is 12.6. The summed E-state index contributed by atoms with van der Waals surface area (Å²) in [6.45, 7) is 12.2. The molecule has 3 saturated heterocycles. The Kier molecular flexibility index (Phi) is 11.6. The second-order valence-corrected chi connectivity index (χ2v) is 7.97. The van der Waals surface area contributed by atoms with Gasteiger partial charge in [0, 0.05) is 19.6 Å². The van der Waals surface area contributed by atoms with E-state index in [0.29, 0.717) is 0 Å². The number of halogens is 1. The largest absolute Gasteiger partial charge is 1.00 e. The van der Waals surface area contributed by atoms with Gasteiger partial charge in [0.2, 0.25) is 0 Å². The minimum atomic E-state index is 0. The molecule has 2 nitrogen and oxygen atoms in total. The highest BCUT2D eigenvalue weighted by Gasteiger charge is 2.37. The molecule has 0 unspecified atom stereocenters. The lowest BCUT2D eigenvalue weighted by Crippen LogP contribution is -3.00. The van der Waals surface area contributed by atoms with Gasteiger partial charge in [0.25, 0.3) is 0 Å². The third-order valence-corrected chi connectivity index (χ3v) is 6.16. The average molecular weight is 345 g/mol. The molecule has 3 heteroatoms. The van der Waals surface area contributed by atoms with Crippen LogP contribution in [-0.2, 0) is 0 Å². The quantitative estimate of drug-likeness (QED) is 0.364. The molecule has 138 valence electrons. The Morgan fingerprint density at radius 2 is 1.00 bits per heavy atom. The zero-order valence-corrected chi connectivity index (χ0v) is 16.5. The SMILES string of the molecule is CCCCCCCCCCCCCC[N+]12CCN(CC1)CC2.[Cl-]. The van der Waals surface area contributed by atoms with Gasteiger partial charge in [-0.2, -0.15) is 0 Å². The Hall–Kier alpha value is 0.210. The first-order valence-corrected chi connectivity index (χ1v) is 10.4. The third kappa shape index (κ3) is 8.23. The maximum atomic E-state index is 2.66. The number of hydrogen-bond acceptors (Lipinski definition) is 1. The van der Waals surface area contributed by atoms with Crippen LogP contribution in [0.5, 0.6) is 0 Å². The predicted octanol–water partition coefficient (Wildman–Crippen LogP) is 1.84. The third-order valence-electron chi connectivity index (χ3n) is 6.16. The molecule has 0 amide bonds. The number of nitrogens with zero attached hydrogens (tertiary/aromatic N) is 2. The summed E-state index contributed by atoms with van der Waals surface area (Å²) in [4.78, 5) is 2.66. The smallest absolute Gasteiger partial charge is 0.0916 e. The fourth-order valence-electron chi connectivity index (χ4n) is 4.36. The lowest BCUT2D eigenvalue weighted by Gasteiger charge is -2.50. The van der Waals surface area contributed by atoms with Crippen molar-refractivity contribution in [2.24, 2.45) is 0 Å². The van der Waals surface area contributed by atoms with Crippen molar-refractivity contribution in [3.05, 3.63) is 0 Å². The lowest BCUT2D eigenvalue weighted by molar-refractivity contribution is -0.941. The minimum absolute atomic E-state index is 0. The summed E-state index contributed by atoms with van der Waals surface area (Å²) in [5, 5.41) is 0. The number of hydrogen-bond donors (Lipinski definition) is 0. The standard InChI is InChI=1S/C20H41N2.ClH/c1-2-3-4-5-6-7-8-9-10-11-12-13-17-22-18-14-21(15-19-22)16-20-22;/h2-20H2,1H3;1H/q+1;/p-1. The molecule has 0 aromatic rings. The molecule has 3 heterocycles. The van der Waals surface area contributed by atoms with Gasteiger partial charge in [-0.15, -0.1) is 0 Å². The minimum Gasteiger partial charge on any atom is -1.00 e. The van der Waals surface area contributed by atoms with Crippen molar-refractivity contribution in [2.45, 2.75) is 84.0 Å². The molecule has 0 N–H and O–H groups in total. The molecule has 23 heavy (non-hydrogen) atoms. The van der Waals surface area contributed by atoms with Gasteiger partial charge in [0.1, 0.15) is 0 Å². The molecule has 0 aromatic carbocycles. The number of piperazine rings is 3. The summed E-state index contributed by atoms with van der Waals surface area (Å²) in [5.74, 6) is 0. The van der Waals surface area contributed by atoms with Gasteiger partial charge in [0.15, 0.2) is 0 Å². The number of unbranched alkanes of at least 4 members (excludes halogenated alkanes) is 11. The van der Waals surface area contributed by atoms with Gasteiger partial charge in [-0.25, -0.2) is 0 Å². The second-order valence-electron chi connectivity index (χ2n) is 7.97. The van der Waals surface area contributed by atoms with Gasteiger partial charge in [-0.1, -0.05) is 71.1 Å². The van der Waals surface area contributed by atoms with Gasteiger partial charge in [-0.3, -0.25) is 4.90 Å². The van der Waals surface area contributed by atoms with E-state index in [1.807, 2.05) is 0 Å². The van der Waals surface area contributed by atoms with Gasteiger partial charge in [0.05, 0.1) is 26.2 Å². The Balaban J connectivity index is 0.00000264. The highest BCUT2D eigenvalue weighted by atomic mass is 35.5. The predicted molar refractivity (Wildman–Crippen MR) is 97.2 cm³/mol. The van der Waals surface area contributed by atoms with E-state index in [1.165, 1.54) is 127 Å². The molecule has 0 aliphatic carbocycles. The summed E-state index contributed by atoms with van der Waals surface area (Å²) in [6, 6.07) is 0. The molecule has 3 aliphatic rings. The van der Waals surface area contributed by atoms with Crippen molar-refractivity contribution in [1.29, 1.82) is 0 Å². The van der Waals surface area contributed by atoms with Crippen LogP contribution in [-0.4, -0.2) is 55.2 Å². The Morgan fingerprint density at radius 3 is 1.43 bits per heavy atom. The van der Waals surface area contributed by atoms with E-state index in [4.69, 9.17) is 0 Å². The first-order valence-electron chi connectivity index (χ1n) is 10.4. The molecule has 3 rings (SSSR count). The lowest BCUT2D eigenvalue weighted by atomic mass is 10.0. The van der Waals surface area contributed by atoms with Gasteiger partial charge < -0.3 is 16.9 Å². The molecule has 3 fully saturated rings. The number of fused-ring (bicyclic) bond motifs is 3. The van der Waals surface area contributed by atoms with Crippen molar-refractivity contribution in [3.63, 3.8) is 0 Å². The first kappa shape index (κ1) is 21.3. The summed E-state index contributed by atoms with van der Waals surface area (Å²) < 4.78 is 1.47. The van der Waals surface area contributed by atoms with E-state index in [1.54, 1.807) is 0 Å². The van der Waals surface area contributed by atoms with E-state index < -0.39 is 0 Å². The Bertz CT molecular complexity index is 261. The normalized spacial score (nSPS) is 26.2. The Morgan fingerprint density at radius 1 is 0.609 bits per heavy atom. The molecular formula is C20H41ClN2. The van der Waals surface area contributed by atoms with Crippen LogP contribution in [0.25, 0.3) is 0 Å². The summed E-state index contributed by atoms with van der Waals surface area (Å²) in [6.07, 6.45) is 17.7. The van der Waals surface area contributed by atoms with Gasteiger partial charge in [-0.05, 0) is 12.8 Å². The van der Waals surface area contributed by atoms with Crippen LogP contribution in [0.4, 0.5) is 0 Å². The highest BCUT2D eigenvalue weighted by Crippen LogP contribution is 2.21. The molecule has 2 bridgehead atoms. The van der Waals surface area contributed by atoms with Crippen LogP contribution in [0.15, 0.2) is 0 Å². The van der Waals surface area contributed by atoms with E-state index in [0.717, 1.165) is 0 Å². The topological polar surface area (TPSA) is 3.24 Å². The van der Waals surface area contributed by atoms with E-state index >= 15 is 0 Å². The molecular weight excluding hydrogens is 304 g/mol. The van der Waals surface area contributed by atoms with Crippen molar-refractivity contribution in [3.8, 4) is 0 Å². The molecule has 0 radical (unpaired) electrons. The van der Waals surface area contributed by atoms with Crippen LogP contribution < -0.4 is 12.4 Å². The maximum Gasteiger partial charge on any atom is 0.0916 e. The fourth-order valence-corrected chi connectivity index (χ4v) is 4.36. The monoisotopic (exact) mass is 344 g/mol. The number of quaternary nitrogens is 1. The van der Waals surface area contributed by atoms with Crippen molar-refractivity contribution in [1.82, 2.24) is 4.90 Å². The van der Waals surface area contributed by atoms with Crippen molar-refractivity contribution >= 4 is 0 Å². The average Bonchev–Trinajstić information content (AvgIpc) is 2.57. The summed E-state index contributed by atoms with van der Waals surface area (Å²) >= 11 is 0. The molecule has 0 saturated carbocycles. The summed E-state index contributed by atoms with van der Waals surface area (Å²) in [5.41, 5.74) is 0. The van der Waals surface area contributed by atoms with Crippen LogP contribution in [0.2, 0.25) is 0 Å². The molecule has 0 atom stereocenters. The molecule has 3 aliphatic heterocycles. The maximum absolute atomic E-state index is 2.66. The summed E-state index contributed by atoms with van der Waals surface area (Å²) in [7, 11) is 0. The fraction of sp³-hybridized carbons (Fsp3) is 1.00. The van der Waals surface area contributed by atoms with Crippen LogP contribution in [0, 0.1) is 0 Å². The van der Waals surface area contributed by atoms with E-state index in [9.17, 15) is 0 Å². The van der Waals surface area contributed by atoms with Crippen LogP contribution in [0.1, 0.15) is 84.0 Å². The zero-order valence-electron chi connectivity index (χ0n) is 15.7. The zero-order chi connectivity index (χ0) is 15.5. The van der Waals surface area contributed by atoms with E-state index in [-0.39, 0.29) is 12.4 Å². The first-order chi connectivity index (χ1) is 10.8. The highest BCUT2D eigenvalue weighted by molar-refractivity contribution is 4.70. The van der Waals surface area contributed by atoms with Crippen molar-refractivity contribution in [2.75, 3.05) is 45.8 Å².